The second kappa shape index (κ2) is 8.59. The van der Waals surface area contributed by atoms with Gasteiger partial charge in [-0.25, -0.2) is 8.42 Å². The molecule has 10 heteroatoms. The molecule has 0 radical (unpaired) electrons. The van der Waals surface area contributed by atoms with E-state index in [1.165, 1.54) is 12.1 Å². The highest BCUT2D eigenvalue weighted by Crippen LogP contribution is 2.28. The Morgan fingerprint density at radius 2 is 2.04 bits per heavy atom. The first-order chi connectivity index (χ1) is 12.6. The van der Waals surface area contributed by atoms with E-state index >= 15 is 0 Å². The molecule has 1 aromatic carbocycles. The van der Waals surface area contributed by atoms with Crippen LogP contribution in [0, 0.1) is 11.3 Å². The van der Waals surface area contributed by atoms with Gasteiger partial charge < -0.3 is 10.1 Å². The Morgan fingerprint density at radius 3 is 2.59 bits per heavy atom. The first-order valence-corrected chi connectivity index (χ1v) is 10.5. The summed E-state index contributed by atoms with van der Waals surface area (Å²) in [6.07, 6.45) is 3.75. The summed E-state index contributed by atoms with van der Waals surface area (Å²) in [6, 6.07) is 8.12. The van der Waals surface area contributed by atoms with Crippen LogP contribution in [0.25, 0.3) is 0 Å². The van der Waals surface area contributed by atoms with Gasteiger partial charge in [0.25, 0.3) is 5.91 Å². The van der Waals surface area contributed by atoms with E-state index in [0.717, 1.165) is 23.4 Å². The van der Waals surface area contributed by atoms with Gasteiger partial charge in [0.1, 0.15) is 12.1 Å². The molecule has 0 saturated heterocycles. The second-order valence-electron chi connectivity index (χ2n) is 6.36. The Hall–Kier alpha value is -2.31. The fourth-order valence-corrected chi connectivity index (χ4v) is 3.91. The van der Waals surface area contributed by atoms with Crippen molar-refractivity contribution < 1.29 is 22.7 Å². The summed E-state index contributed by atoms with van der Waals surface area (Å²) in [5.41, 5.74) is -0.705. The van der Waals surface area contributed by atoms with E-state index in [4.69, 9.17) is 16.3 Å². The first-order valence-electron chi connectivity index (χ1n) is 8.26. The zero-order valence-electron chi connectivity index (χ0n) is 14.8. The highest BCUT2D eigenvalue weighted by Gasteiger charge is 2.35. The Bertz CT molecular complexity index is 860. The normalized spacial score (nSPS) is 15.6. The van der Waals surface area contributed by atoms with E-state index in [0.29, 0.717) is 17.9 Å². The van der Waals surface area contributed by atoms with Crippen LogP contribution in [0.1, 0.15) is 25.7 Å². The molecule has 1 amide bonds. The maximum absolute atomic E-state index is 12.0. The highest BCUT2D eigenvalue weighted by atomic mass is 35.5. The number of rotatable bonds is 7. The number of carbonyl (C=O) groups is 2. The van der Waals surface area contributed by atoms with Gasteiger partial charge in [-0.15, -0.1) is 0 Å². The van der Waals surface area contributed by atoms with Crippen LogP contribution in [0.4, 0.5) is 5.69 Å². The topological polar surface area (TPSA) is 117 Å². The maximum atomic E-state index is 12.0. The van der Waals surface area contributed by atoms with Gasteiger partial charge in [0.05, 0.1) is 18.0 Å². The van der Waals surface area contributed by atoms with Gasteiger partial charge in [0.15, 0.2) is 6.61 Å². The molecule has 0 spiro atoms. The van der Waals surface area contributed by atoms with Gasteiger partial charge >= 0.3 is 5.97 Å². The molecule has 146 valence electrons. The predicted octanol–water partition coefficient (Wildman–Crippen LogP) is 1.60. The Kier molecular flexibility index (Phi) is 6.68. The monoisotopic (exact) mass is 413 g/mol. The van der Waals surface area contributed by atoms with Crippen molar-refractivity contribution in [2.75, 3.05) is 23.7 Å². The number of ether oxygens (including phenoxy) is 1. The summed E-state index contributed by atoms with van der Waals surface area (Å²) in [5, 5.41) is 12.1. The Labute approximate surface area is 163 Å². The van der Waals surface area contributed by atoms with Crippen molar-refractivity contribution in [1.82, 2.24) is 5.32 Å². The number of benzene rings is 1. The predicted molar refractivity (Wildman–Crippen MR) is 99.6 cm³/mol. The van der Waals surface area contributed by atoms with Gasteiger partial charge in [-0.05, 0) is 43.9 Å². The number of nitrogens with zero attached hydrogens (tertiary/aromatic N) is 2. The number of hydrogen-bond acceptors (Lipinski definition) is 6. The minimum absolute atomic E-state index is 0.209. The molecule has 8 nitrogen and oxygen atoms in total. The maximum Gasteiger partial charge on any atom is 0.327 e. The summed E-state index contributed by atoms with van der Waals surface area (Å²) >= 11 is 5.87. The van der Waals surface area contributed by atoms with Crippen LogP contribution in [0.3, 0.4) is 0 Å². The average Bonchev–Trinajstić information content (AvgIpc) is 3.06. The molecule has 1 aromatic rings. The number of nitrogens with one attached hydrogen (secondary N) is 1. The fraction of sp³-hybridized carbons (Fsp3) is 0.471. The van der Waals surface area contributed by atoms with Crippen LogP contribution >= 0.6 is 11.6 Å². The third-order valence-electron chi connectivity index (χ3n) is 4.18. The quantitative estimate of drug-likeness (QED) is 0.678. The largest absolute Gasteiger partial charge is 0.454 e. The first kappa shape index (κ1) is 21.0. The lowest BCUT2D eigenvalue weighted by Gasteiger charge is -2.23. The van der Waals surface area contributed by atoms with Gasteiger partial charge in [-0.2, -0.15) is 5.26 Å². The summed E-state index contributed by atoms with van der Waals surface area (Å²) < 4.78 is 29.7. The van der Waals surface area contributed by atoms with Crippen LogP contribution in [-0.2, 0) is 24.3 Å². The minimum Gasteiger partial charge on any atom is -0.454 e. The Morgan fingerprint density at radius 1 is 1.37 bits per heavy atom. The van der Waals surface area contributed by atoms with Crippen molar-refractivity contribution in [3.63, 3.8) is 0 Å². The van der Waals surface area contributed by atoms with Gasteiger partial charge in [0.2, 0.25) is 10.0 Å². The summed E-state index contributed by atoms with van der Waals surface area (Å²) in [4.78, 5) is 24.0. The van der Waals surface area contributed by atoms with Crippen LogP contribution in [-0.4, -0.2) is 45.2 Å². The highest BCUT2D eigenvalue weighted by molar-refractivity contribution is 7.92. The SMILES string of the molecule is CS(=O)(=O)N(CC(=O)OCC(=O)NC1(C#N)CCCC1)c1cccc(Cl)c1. The molecule has 2 rings (SSSR count). The molecule has 0 aromatic heterocycles. The number of anilines is 1. The summed E-state index contributed by atoms with van der Waals surface area (Å²) in [7, 11) is -3.77. The van der Waals surface area contributed by atoms with E-state index in [1.54, 1.807) is 12.1 Å². The van der Waals surface area contributed by atoms with E-state index in [2.05, 4.69) is 11.4 Å². The molecule has 0 bridgehead atoms. The third-order valence-corrected chi connectivity index (χ3v) is 5.56. The van der Waals surface area contributed by atoms with Crippen molar-refractivity contribution in [2.24, 2.45) is 0 Å². The lowest BCUT2D eigenvalue weighted by molar-refractivity contribution is -0.147. The van der Waals surface area contributed by atoms with Crippen LogP contribution in [0.5, 0.6) is 0 Å². The van der Waals surface area contributed by atoms with Crippen molar-refractivity contribution in [1.29, 1.82) is 5.26 Å². The van der Waals surface area contributed by atoms with Crippen molar-refractivity contribution in [3.8, 4) is 6.07 Å². The van der Waals surface area contributed by atoms with E-state index in [1.807, 2.05) is 0 Å². The standard InChI is InChI=1S/C17H20ClN3O5S/c1-27(24,25)21(14-6-4-5-13(18)9-14)10-16(23)26-11-15(22)20-17(12-19)7-2-3-8-17/h4-6,9H,2-3,7-8,10-11H2,1H3,(H,20,22). The Balaban J connectivity index is 1.96. The lowest BCUT2D eigenvalue weighted by Crippen LogP contribution is -2.47. The molecule has 0 atom stereocenters. The zero-order valence-corrected chi connectivity index (χ0v) is 16.3. The van der Waals surface area contributed by atoms with Gasteiger partial charge in [-0.3, -0.25) is 13.9 Å². The number of halogens is 1. The van der Waals surface area contributed by atoms with Crippen LogP contribution in [0.15, 0.2) is 24.3 Å². The lowest BCUT2D eigenvalue weighted by atomic mass is 10.00. The van der Waals surface area contributed by atoms with E-state index < -0.39 is 40.6 Å². The third kappa shape index (κ3) is 5.84. The molecular formula is C17H20ClN3O5S. The van der Waals surface area contributed by atoms with E-state index in [-0.39, 0.29) is 5.69 Å². The number of hydrogen-bond donors (Lipinski definition) is 1. The molecular weight excluding hydrogens is 394 g/mol. The van der Waals surface area contributed by atoms with Crippen molar-refractivity contribution in [3.05, 3.63) is 29.3 Å². The van der Waals surface area contributed by atoms with Gasteiger partial charge in [0, 0.05) is 5.02 Å². The van der Waals surface area contributed by atoms with E-state index in [9.17, 15) is 23.3 Å². The van der Waals surface area contributed by atoms with Gasteiger partial charge in [-0.1, -0.05) is 17.7 Å². The summed E-state index contributed by atoms with van der Waals surface area (Å²) in [5.74, 6) is -1.49. The minimum atomic E-state index is -3.77. The smallest absolute Gasteiger partial charge is 0.327 e. The fourth-order valence-electron chi connectivity index (χ4n) is 2.89. The number of sulfonamides is 1. The second-order valence-corrected chi connectivity index (χ2v) is 8.70. The molecule has 1 fully saturated rings. The molecule has 0 unspecified atom stereocenters. The van der Waals surface area contributed by atoms with Crippen LogP contribution in [0.2, 0.25) is 5.02 Å². The molecule has 1 saturated carbocycles. The van der Waals surface area contributed by atoms with Crippen LogP contribution < -0.4 is 9.62 Å². The zero-order chi connectivity index (χ0) is 20.1. The summed E-state index contributed by atoms with van der Waals surface area (Å²) in [6.45, 7) is -1.19. The van der Waals surface area contributed by atoms with Crippen molar-refractivity contribution in [2.45, 2.75) is 31.2 Å². The number of nitriles is 1. The molecule has 27 heavy (non-hydrogen) atoms. The molecule has 0 heterocycles. The number of esters is 1. The number of amides is 1. The number of carbonyl (C=O) groups excluding carboxylic acids is 2. The molecule has 1 aliphatic carbocycles. The van der Waals surface area contributed by atoms with Crippen molar-refractivity contribution >= 4 is 39.2 Å². The average molecular weight is 414 g/mol. The molecule has 1 aliphatic rings. The molecule has 1 N–H and O–H groups in total. The molecule has 0 aliphatic heterocycles.